The van der Waals surface area contributed by atoms with Crippen LogP contribution in [0, 0.1) is 0 Å². The van der Waals surface area contributed by atoms with Crippen LogP contribution in [0.25, 0.3) is 5.69 Å². The topological polar surface area (TPSA) is 89.9 Å². The van der Waals surface area contributed by atoms with E-state index in [-0.39, 0.29) is 11.0 Å². The van der Waals surface area contributed by atoms with E-state index in [0.717, 1.165) is 5.69 Å². The van der Waals surface area contributed by atoms with Crippen LogP contribution in [0.15, 0.2) is 29.4 Å². The monoisotopic (exact) mass is 251 g/mol. The van der Waals surface area contributed by atoms with E-state index >= 15 is 0 Å². The van der Waals surface area contributed by atoms with Gasteiger partial charge in [-0.1, -0.05) is 18.7 Å². The van der Waals surface area contributed by atoms with Crippen LogP contribution in [0.5, 0.6) is 5.75 Å². The zero-order valence-electron chi connectivity index (χ0n) is 9.32. The molecule has 3 N–H and O–H groups in total. The number of hydrogen-bond acceptors (Lipinski definition) is 6. The Labute approximate surface area is 103 Å². The number of aromatic nitrogens is 4. The fraction of sp³-hybridized carbons (Fsp3) is 0.300. The van der Waals surface area contributed by atoms with Gasteiger partial charge in [0, 0.05) is 11.8 Å². The number of tetrazole rings is 1. The fourth-order valence-corrected chi connectivity index (χ4v) is 2.02. The van der Waals surface area contributed by atoms with Gasteiger partial charge in [-0.15, -0.1) is 5.10 Å². The summed E-state index contributed by atoms with van der Waals surface area (Å²) in [6, 6.07) is 6.70. The average molecular weight is 251 g/mol. The Hall–Kier alpha value is -1.60. The Balaban J connectivity index is 2.27. The van der Waals surface area contributed by atoms with Crippen LogP contribution in [-0.2, 0) is 0 Å². The van der Waals surface area contributed by atoms with Crippen molar-refractivity contribution in [2.45, 2.75) is 17.3 Å². The largest absolute Gasteiger partial charge is 0.508 e. The van der Waals surface area contributed by atoms with E-state index in [4.69, 9.17) is 5.73 Å². The van der Waals surface area contributed by atoms with Crippen molar-refractivity contribution >= 4 is 11.8 Å². The van der Waals surface area contributed by atoms with Gasteiger partial charge in [0.25, 0.3) is 0 Å². The summed E-state index contributed by atoms with van der Waals surface area (Å²) in [5.74, 6) is 0.214. The van der Waals surface area contributed by atoms with Gasteiger partial charge in [0.05, 0.1) is 5.69 Å². The maximum Gasteiger partial charge on any atom is 0.214 e. The zero-order chi connectivity index (χ0) is 12.3. The van der Waals surface area contributed by atoms with Crippen molar-refractivity contribution in [1.82, 2.24) is 20.2 Å². The molecular formula is C10H13N5OS. The Morgan fingerprint density at radius 1 is 1.41 bits per heavy atom. The molecule has 0 aliphatic carbocycles. The lowest BCUT2D eigenvalue weighted by molar-refractivity contribution is 0.475. The molecule has 90 valence electrons. The molecule has 0 aliphatic rings. The van der Waals surface area contributed by atoms with Gasteiger partial charge in [0.2, 0.25) is 5.16 Å². The first-order chi connectivity index (χ1) is 8.20. The highest BCUT2D eigenvalue weighted by molar-refractivity contribution is 7.99. The van der Waals surface area contributed by atoms with E-state index in [1.54, 1.807) is 28.9 Å². The number of phenols is 1. The van der Waals surface area contributed by atoms with E-state index in [0.29, 0.717) is 11.7 Å². The minimum atomic E-state index is 0.214. The molecule has 0 saturated carbocycles. The molecule has 0 amide bonds. The Morgan fingerprint density at radius 3 is 2.76 bits per heavy atom. The summed E-state index contributed by atoms with van der Waals surface area (Å²) in [4.78, 5) is 0. The van der Waals surface area contributed by atoms with Crippen molar-refractivity contribution in [1.29, 1.82) is 0 Å². The van der Waals surface area contributed by atoms with Crippen LogP contribution in [0.3, 0.4) is 0 Å². The van der Waals surface area contributed by atoms with Crippen LogP contribution >= 0.6 is 11.8 Å². The molecule has 1 aromatic carbocycles. The third-order valence-corrected chi connectivity index (χ3v) is 3.23. The quantitative estimate of drug-likeness (QED) is 0.781. The molecule has 0 aliphatic heterocycles. The minimum absolute atomic E-state index is 0.214. The lowest BCUT2D eigenvalue weighted by Crippen LogP contribution is -2.13. The minimum Gasteiger partial charge on any atom is -0.508 e. The van der Waals surface area contributed by atoms with Gasteiger partial charge in [-0.25, -0.2) is 0 Å². The average Bonchev–Trinajstić information content (AvgIpc) is 2.78. The second-order valence-corrected chi connectivity index (χ2v) is 4.96. The van der Waals surface area contributed by atoms with Gasteiger partial charge in [0.15, 0.2) is 0 Å². The number of hydrogen-bond donors (Lipinski definition) is 2. The van der Waals surface area contributed by atoms with E-state index in [9.17, 15) is 5.11 Å². The van der Waals surface area contributed by atoms with E-state index in [2.05, 4.69) is 15.5 Å². The molecule has 0 bridgehead atoms. The molecule has 17 heavy (non-hydrogen) atoms. The molecule has 0 spiro atoms. The van der Waals surface area contributed by atoms with Gasteiger partial charge in [-0.05, 0) is 34.7 Å². The first-order valence-electron chi connectivity index (χ1n) is 5.15. The number of nitrogens with zero attached hydrogens (tertiary/aromatic N) is 4. The molecule has 2 aromatic rings. The Kier molecular flexibility index (Phi) is 3.60. The maximum atomic E-state index is 9.22. The smallest absolute Gasteiger partial charge is 0.214 e. The van der Waals surface area contributed by atoms with Crippen LogP contribution in [0.1, 0.15) is 6.92 Å². The predicted molar refractivity (Wildman–Crippen MR) is 65.2 cm³/mol. The standard InChI is InChI=1S/C10H13N5OS/c1-7(6-11)17-10-12-13-14-15(10)8-2-4-9(16)5-3-8/h2-5,7,16H,6,11H2,1H3. The van der Waals surface area contributed by atoms with E-state index < -0.39 is 0 Å². The number of rotatable bonds is 4. The van der Waals surface area contributed by atoms with Gasteiger partial charge in [0.1, 0.15) is 5.75 Å². The lowest BCUT2D eigenvalue weighted by Gasteiger charge is -2.07. The highest BCUT2D eigenvalue weighted by Gasteiger charge is 2.12. The first-order valence-corrected chi connectivity index (χ1v) is 6.03. The number of thioether (sulfide) groups is 1. The van der Waals surface area contributed by atoms with Crippen molar-refractivity contribution in [3.63, 3.8) is 0 Å². The van der Waals surface area contributed by atoms with E-state index in [1.807, 2.05) is 6.92 Å². The van der Waals surface area contributed by atoms with Gasteiger partial charge in [-0.3, -0.25) is 0 Å². The van der Waals surface area contributed by atoms with Gasteiger partial charge < -0.3 is 10.8 Å². The molecule has 0 saturated heterocycles. The second-order valence-electron chi connectivity index (χ2n) is 3.55. The van der Waals surface area contributed by atoms with Crippen molar-refractivity contribution in [2.75, 3.05) is 6.54 Å². The number of phenolic OH excluding ortho intramolecular Hbond substituents is 1. The number of aromatic hydroxyl groups is 1. The molecule has 1 heterocycles. The van der Waals surface area contributed by atoms with Crippen LogP contribution in [-0.4, -0.2) is 37.1 Å². The summed E-state index contributed by atoms with van der Waals surface area (Å²) in [5.41, 5.74) is 6.37. The molecule has 1 atom stereocenters. The maximum absolute atomic E-state index is 9.22. The summed E-state index contributed by atoms with van der Waals surface area (Å²) in [6.45, 7) is 2.58. The lowest BCUT2D eigenvalue weighted by atomic mass is 10.3. The van der Waals surface area contributed by atoms with Crippen molar-refractivity contribution < 1.29 is 5.11 Å². The highest BCUT2D eigenvalue weighted by atomic mass is 32.2. The molecule has 0 radical (unpaired) electrons. The summed E-state index contributed by atoms with van der Waals surface area (Å²) in [7, 11) is 0. The Bertz CT molecular complexity index is 484. The summed E-state index contributed by atoms with van der Waals surface area (Å²) < 4.78 is 1.62. The van der Waals surface area contributed by atoms with Crippen molar-refractivity contribution in [3.05, 3.63) is 24.3 Å². The summed E-state index contributed by atoms with van der Waals surface area (Å²) in [6.07, 6.45) is 0. The third-order valence-electron chi connectivity index (χ3n) is 2.17. The molecule has 1 aromatic heterocycles. The van der Waals surface area contributed by atoms with Crippen molar-refractivity contribution in [2.24, 2.45) is 5.73 Å². The second kappa shape index (κ2) is 5.15. The van der Waals surface area contributed by atoms with Crippen LogP contribution in [0.2, 0.25) is 0 Å². The first kappa shape index (κ1) is 11.9. The molecule has 6 nitrogen and oxygen atoms in total. The van der Waals surface area contributed by atoms with Gasteiger partial charge >= 0.3 is 0 Å². The number of nitrogens with two attached hydrogens (primary N) is 1. The molecule has 7 heteroatoms. The summed E-state index contributed by atoms with van der Waals surface area (Å²) in [5, 5.41) is 21.7. The predicted octanol–water partition coefficient (Wildman–Crippen LogP) is 0.807. The fourth-order valence-electron chi connectivity index (χ4n) is 1.24. The summed E-state index contributed by atoms with van der Waals surface area (Å²) >= 11 is 1.52. The van der Waals surface area contributed by atoms with Crippen molar-refractivity contribution in [3.8, 4) is 11.4 Å². The Morgan fingerprint density at radius 2 is 2.12 bits per heavy atom. The van der Waals surface area contributed by atoms with Crippen LogP contribution in [0.4, 0.5) is 0 Å². The number of benzene rings is 1. The third kappa shape index (κ3) is 2.75. The SMILES string of the molecule is CC(CN)Sc1nnnn1-c1ccc(O)cc1. The van der Waals surface area contributed by atoms with Gasteiger partial charge in [-0.2, -0.15) is 4.68 Å². The molecular weight excluding hydrogens is 238 g/mol. The normalized spacial score (nSPS) is 12.6. The zero-order valence-corrected chi connectivity index (χ0v) is 10.1. The molecule has 0 fully saturated rings. The van der Waals surface area contributed by atoms with E-state index in [1.165, 1.54) is 11.8 Å². The molecule has 1 unspecified atom stereocenters. The van der Waals surface area contributed by atoms with Crippen LogP contribution < -0.4 is 5.73 Å². The molecule has 2 rings (SSSR count). The highest BCUT2D eigenvalue weighted by Crippen LogP contribution is 2.22.